The second kappa shape index (κ2) is 5.81. The van der Waals surface area contributed by atoms with Crippen LogP contribution in [0, 0.1) is 11.8 Å². The van der Waals surface area contributed by atoms with Crippen molar-refractivity contribution in [3.8, 4) is 11.8 Å². The molecule has 4 nitrogen and oxygen atoms in total. The topological polar surface area (TPSA) is 65.8 Å². The zero-order valence-corrected chi connectivity index (χ0v) is 8.12. The molecular weight excluding hydrogens is 198 g/mol. The number of hydrogen-bond donors (Lipinski definition) is 0. The number of azide groups is 1. The van der Waals surface area contributed by atoms with E-state index in [-0.39, 0.29) is 0 Å². The summed E-state index contributed by atoms with van der Waals surface area (Å²) in [5, 5.41) is 5.16. The van der Waals surface area contributed by atoms with Gasteiger partial charge in [-0.2, -0.15) is 0 Å². The molecule has 0 saturated carbocycles. The highest BCUT2D eigenvalue weighted by Gasteiger charge is 1.97. The van der Waals surface area contributed by atoms with Crippen molar-refractivity contribution in [2.24, 2.45) is 5.11 Å². The van der Waals surface area contributed by atoms with Crippen LogP contribution in [-0.4, -0.2) is 12.8 Å². The maximum atomic E-state index is 10.5. The summed E-state index contributed by atoms with van der Waals surface area (Å²) in [6.45, 7) is 0.365. The van der Waals surface area contributed by atoms with E-state index < -0.39 is 0 Å². The summed E-state index contributed by atoms with van der Waals surface area (Å²) in [6, 6.07) is 1.80. The van der Waals surface area contributed by atoms with Crippen LogP contribution in [0.3, 0.4) is 0 Å². The highest BCUT2D eigenvalue weighted by molar-refractivity contribution is 7.11. The first kappa shape index (κ1) is 10.3. The third-order valence-corrected chi connectivity index (χ3v) is 2.27. The Morgan fingerprint density at radius 3 is 3.29 bits per heavy atom. The first-order chi connectivity index (χ1) is 6.88. The minimum atomic E-state index is 0.365. The van der Waals surface area contributed by atoms with E-state index in [0.717, 1.165) is 11.8 Å². The highest BCUT2D eigenvalue weighted by Crippen LogP contribution is 2.12. The summed E-state index contributed by atoms with van der Waals surface area (Å²) in [6.07, 6.45) is 1.31. The van der Waals surface area contributed by atoms with Crippen LogP contribution in [0.1, 0.15) is 21.7 Å². The van der Waals surface area contributed by atoms with Crippen LogP contribution in [-0.2, 0) is 0 Å². The maximum absolute atomic E-state index is 10.5. The number of carbonyl (C=O) groups is 1. The third-order valence-electron chi connectivity index (χ3n) is 1.43. The number of thiophene rings is 1. The smallest absolute Gasteiger partial charge is 0.161 e. The molecule has 0 aliphatic rings. The van der Waals surface area contributed by atoms with Gasteiger partial charge >= 0.3 is 0 Å². The van der Waals surface area contributed by atoms with Crippen molar-refractivity contribution < 1.29 is 4.79 Å². The molecule has 1 rings (SSSR count). The van der Waals surface area contributed by atoms with E-state index in [1.807, 2.05) is 5.38 Å². The molecule has 0 aliphatic carbocycles. The van der Waals surface area contributed by atoms with E-state index in [1.165, 1.54) is 11.3 Å². The zero-order chi connectivity index (χ0) is 10.2. The fraction of sp³-hybridized carbons (Fsp3) is 0.222. The molecule has 0 unspecified atom stereocenters. The van der Waals surface area contributed by atoms with Gasteiger partial charge in [-0.3, -0.25) is 4.79 Å². The molecule has 1 aromatic heterocycles. The van der Waals surface area contributed by atoms with Crippen molar-refractivity contribution in [2.45, 2.75) is 6.42 Å². The second-order valence-corrected chi connectivity index (χ2v) is 3.27. The molecule has 5 heteroatoms. The zero-order valence-electron chi connectivity index (χ0n) is 7.30. The Morgan fingerprint density at radius 1 is 1.71 bits per heavy atom. The standard InChI is InChI=1S/C9H7N3OS/c10-12-11-5-2-1-3-8-4-6-14-9(8)7-13/h4,6-7H,2,5H2. The Balaban J connectivity index is 2.58. The predicted octanol–water partition coefficient (Wildman–Crippen LogP) is 2.61. The number of carbonyl (C=O) groups excluding carboxylic acids is 1. The fourth-order valence-corrected chi connectivity index (χ4v) is 1.48. The first-order valence-electron chi connectivity index (χ1n) is 3.91. The van der Waals surface area contributed by atoms with E-state index >= 15 is 0 Å². The Kier molecular flexibility index (Phi) is 4.29. The number of aldehydes is 1. The average molecular weight is 205 g/mol. The third kappa shape index (κ3) is 2.94. The lowest BCUT2D eigenvalue weighted by molar-refractivity contribution is 0.112. The molecule has 70 valence electrons. The van der Waals surface area contributed by atoms with E-state index in [2.05, 4.69) is 21.9 Å². The first-order valence-corrected chi connectivity index (χ1v) is 4.79. The van der Waals surface area contributed by atoms with Crippen molar-refractivity contribution >= 4 is 17.6 Å². The monoisotopic (exact) mass is 205 g/mol. The highest BCUT2D eigenvalue weighted by atomic mass is 32.1. The van der Waals surface area contributed by atoms with Crippen molar-refractivity contribution in [3.05, 3.63) is 32.3 Å². The lowest BCUT2D eigenvalue weighted by Crippen LogP contribution is -1.78. The Hall–Kier alpha value is -1.76. The molecule has 1 aromatic rings. The van der Waals surface area contributed by atoms with Gasteiger partial charge in [-0.05, 0) is 17.0 Å². The quantitative estimate of drug-likeness (QED) is 0.187. The fourth-order valence-electron chi connectivity index (χ4n) is 0.824. The van der Waals surface area contributed by atoms with Crippen molar-refractivity contribution in [1.82, 2.24) is 0 Å². The Labute approximate surface area is 85.2 Å². The van der Waals surface area contributed by atoms with E-state index in [9.17, 15) is 4.79 Å². The summed E-state index contributed by atoms with van der Waals surface area (Å²) in [5.41, 5.74) is 8.74. The van der Waals surface area contributed by atoms with Crippen LogP contribution < -0.4 is 0 Å². The maximum Gasteiger partial charge on any atom is 0.161 e. The number of hydrogen-bond acceptors (Lipinski definition) is 3. The van der Waals surface area contributed by atoms with Gasteiger partial charge < -0.3 is 0 Å². The number of nitrogens with zero attached hydrogens (tertiary/aromatic N) is 3. The van der Waals surface area contributed by atoms with Gasteiger partial charge in [-0.15, -0.1) is 11.3 Å². The molecule has 0 atom stereocenters. The van der Waals surface area contributed by atoms with Gasteiger partial charge in [0, 0.05) is 23.4 Å². The van der Waals surface area contributed by atoms with Crippen molar-refractivity contribution in [3.63, 3.8) is 0 Å². The van der Waals surface area contributed by atoms with Gasteiger partial charge in [0.15, 0.2) is 6.29 Å². The summed E-state index contributed by atoms with van der Waals surface area (Å²) < 4.78 is 0. The molecular formula is C9H7N3OS. The Morgan fingerprint density at radius 2 is 2.57 bits per heavy atom. The molecule has 14 heavy (non-hydrogen) atoms. The van der Waals surface area contributed by atoms with Crippen LogP contribution >= 0.6 is 11.3 Å². The molecule has 0 amide bonds. The van der Waals surface area contributed by atoms with Crippen molar-refractivity contribution in [1.29, 1.82) is 0 Å². The molecule has 0 saturated heterocycles. The van der Waals surface area contributed by atoms with Crippen LogP contribution in [0.5, 0.6) is 0 Å². The van der Waals surface area contributed by atoms with Crippen molar-refractivity contribution in [2.75, 3.05) is 6.54 Å². The molecule has 0 aliphatic heterocycles. The van der Waals surface area contributed by atoms with Gasteiger partial charge in [-0.1, -0.05) is 17.0 Å². The predicted molar refractivity (Wildman–Crippen MR) is 55.2 cm³/mol. The molecule has 0 aromatic carbocycles. The average Bonchev–Trinajstić information content (AvgIpc) is 2.65. The molecule has 0 N–H and O–H groups in total. The molecule has 0 radical (unpaired) electrons. The van der Waals surface area contributed by atoms with Crippen LogP contribution in [0.25, 0.3) is 10.4 Å². The van der Waals surface area contributed by atoms with E-state index in [0.29, 0.717) is 17.8 Å². The summed E-state index contributed by atoms with van der Waals surface area (Å²) in [5.74, 6) is 5.68. The lowest BCUT2D eigenvalue weighted by Gasteiger charge is -1.83. The Bertz CT molecular complexity index is 421. The minimum Gasteiger partial charge on any atom is -0.297 e. The van der Waals surface area contributed by atoms with Gasteiger partial charge in [0.25, 0.3) is 0 Å². The number of rotatable bonds is 3. The van der Waals surface area contributed by atoms with Gasteiger partial charge in [0.2, 0.25) is 0 Å². The normalized spacial score (nSPS) is 8.29. The van der Waals surface area contributed by atoms with Gasteiger partial charge in [-0.25, -0.2) is 0 Å². The molecule has 1 heterocycles. The van der Waals surface area contributed by atoms with Crippen LogP contribution in [0.4, 0.5) is 0 Å². The van der Waals surface area contributed by atoms with E-state index in [4.69, 9.17) is 5.53 Å². The molecule has 0 bridgehead atoms. The SMILES string of the molecule is [N-]=[N+]=NCCC#Cc1ccsc1C=O. The summed E-state index contributed by atoms with van der Waals surface area (Å²) >= 11 is 1.37. The van der Waals surface area contributed by atoms with E-state index in [1.54, 1.807) is 6.07 Å². The van der Waals surface area contributed by atoms with Gasteiger partial charge in [0.05, 0.1) is 4.88 Å². The van der Waals surface area contributed by atoms with Gasteiger partial charge in [0.1, 0.15) is 0 Å². The summed E-state index contributed by atoms with van der Waals surface area (Å²) in [7, 11) is 0. The van der Waals surface area contributed by atoms with Crippen LogP contribution in [0.2, 0.25) is 0 Å². The molecule has 0 fully saturated rings. The van der Waals surface area contributed by atoms with Crippen LogP contribution in [0.15, 0.2) is 16.6 Å². The second-order valence-electron chi connectivity index (χ2n) is 2.32. The molecule has 0 spiro atoms. The lowest BCUT2D eigenvalue weighted by atomic mass is 10.2. The largest absolute Gasteiger partial charge is 0.297 e. The minimum absolute atomic E-state index is 0.365. The summed E-state index contributed by atoms with van der Waals surface area (Å²) in [4.78, 5) is 13.7.